The Kier molecular flexibility index (Phi) is 3.71. The minimum atomic E-state index is 0.163. The molecule has 2 heterocycles. The summed E-state index contributed by atoms with van der Waals surface area (Å²) in [6.45, 7) is 1.54. The molecule has 90 valence electrons. The summed E-state index contributed by atoms with van der Waals surface area (Å²) in [6.07, 6.45) is 4.36. The summed E-state index contributed by atoms with van der Waals surface area (Å²) >= 11 is 5.75. The number of halogens is 1. The van der Waals surface area contributed by atoms with E-state index in [4.69, 9.17) is 17.3 Å². The highest BCUT2D eigenvalue weighted by Gasteiger charge is 1.99. The molecule has 0 amide bonds. The Bertz CT molecular complexity index is 450. The van der Waals surface area contributed by atoms with E-state index in [0.717, 1.165) is 19.5 Å². The van der Waals surface area contributed by atoms with E-state index in [0.29, 0.717) is 11.0 Å². The van der Waals surface area contributed by atoms with Crippen molar-refractivity contribution in [3.05, 3.63) is 23.6 Å². The van der Waals surface area contributed by atoms with Gasteiger partial charge in [-0.25, -0.2) is 4.98 Å². The first-order valence-corrected chi connectivity index (χ1v) is 5.50. The number of aryl methyl sites for hydroxylation is 1. The van der Waals surface area contributed by atoms with Crippen LogP contribution < -0.4 is 11.1 Å². The Morgan fingerprint density at radius 1 is 1.41 bits per heavy atom. The number of hydrogen-bond donors (Lipinski definition) is 2. The number of aromatic nitrogens is 5. The van der Waals surface area contributed by atoms with Crippen molar-refractivity contribution >= 4 is 23.4 Å². The molecule has 0 spiro atoms. The lowest BCUT2D eigenvalue weighted by Gasteiger charge is -2.06. The van der Waals surface area contributed by atoms with Crippen LogP contribution >= 0.6 is 11.6 Å². The van der Waals surface area contributed by atoms with Crippen molar-refractivity contribution in [3.63, 3.8) is 0 Å². The standard InChI is InChI=1S/C9H12ClN7/c10-7-6-8(15-9(11)14-7)12-2-1-4-17-5-3-13-16-17/h3,5-6H,1-2,4H2,(H3,11,12,14,15). The van der Waals surface area contributed by atoms with Crippen LogP contribution in [0.15, 0.2) is 18.5 Å². The molecule has 3 N–H and O–H groups in total. The molecule has 7 nitrogen and oxygen atoms in total. The third-order valence-electron chi connectivity index (χ3n) is 2.05. The smallest absolute Gasteiger partial charge is 0.223 e. The first kappa shape index (κ1) is 11.6. The summed E-state index contributed by atoms with van der Waals surface area (Å²) < 4.78 is 1.77. The van der Waals surface area contributed by atoms with Crippen LogP contribution in [0.3, 0.4) is 0 Å². The van der Waals surface area contributed by atoms with E-state index in [1.54, 1.807) is 16.9 Å². The lowest BCUT2D eigenvalue weighted by Crippen LogP contribution is -2.09. The van der Waals surface area contributed by atoms with Crippen LogP contribution in [0, 0.1) is 0 Å². The molecule has 0 saturated carbocycles. The molecule has 0 unspecified atom stereocenters. The third-order valence-corrected chi connectivity index (χ3v) is 2.25. The van der Waals surface area contributed by atoms with E-state index < -0.39 is 0 Å². The monoisotopic (exact) mass is 253 g/mol. The fraction of sp³-hybridized carbons (Fsp3) is 0.333. The molecule has 2 rings (SSSR count). The SMILES string of the molecule is Nc1nc(Cl)cc(NCCCn2ccnn2)n1. The predicted molar refractivity (Wildman–Crippen MR) is 64.6 cm³/mol. The summed E-state index contributed by atoms with van der Waals surface area (Å²) in [4.78, 5) is 7.78. The van der Waals surface area contributed by atoms with Gasteiger partial charge in [0.05, 0.1) is 6.20 Å². The van der Waals surface area contributed by atoms with Gasteiger partial charge in [-0.3, -0.25) is 4.68 Å². The van der Waals surface area contributed by atoms with Crippen molar-refractivity contribution in [1.82, 2.24) is 25.0 Å². The van der Waals surface area contributed by atoms with E-state index >= 15 is 0 Å². The highest BCUT2D eigenvalue weighted by molar-refractivity contribution is 6.29. The predicted octanol–water partition coefficient (Wildman–Crippen LogP) is 0.806. The lowest BCUT2D eigenvalue weighted by atomic mass is 10.4. The van der Waals surface area contributed by atoms with Gasteiger partial charge in [0.25, 0.3) is 0 Å². The van der Waals surface area contributed by atoms with Gasteiger partial charge in [0.1, 0.15) is 11.0 Å². The molecule has 0 aliphatic rings. The molecule has 0 saturated heterocycles. The van der Waals surface area contributed by atoms with Gasteiger partial charge < -0.3 is 11.1 Å². The quantitative estimate of drug-likeness (QED) is 0.605. The van der Waals surface area contributed by atoms with Gasteiger partial charge >= 0.3 is 0 Å². The Hall–Kier alpha value is -1.89. The second-order valence-corrected chi connectivity index (χ2v) is 3.77. The highest BCUT2D eigenvalue weighted by atomic mass is 35.5. The van der Waals surface area contributed by atoms with Gasteiger partial charge in [-0.1, -0.05) is 16.8 Å². The Balaban J connectivity index is 1.78. The Morgan fingerprint density at radius 2 is 2.29 bits per heavy atom. The van der Waals surface area contributed by atoms with Gasteiger partial charge in [-0.05, 0) is 6.42 Å². The zero-order chi connectivity index (χ0) is 12.1. The molecule has 0 aromatic carbocycles. The summed E-state index contributed by atoms with van der Waals surface area (Å²) in [7, 11) is 0. The maximum atomic E-state index is 5.75. The number of rotatable bonds is 5. The van der Waals surface area contributed by atoms with Gasteiger partial charge in [-0.15, -0.1) is 5.10 Å². The summed E-state index contributed by atoms with van der Waals surface area (Å²) in [5, 5.41) is 11.0. The van der Waals surface area contributed by atoms with Crippen molar-refractivity contribution in [2.24, 2.45) is 0 Å². The first-order chi connectivity index (χ1) is 8.24. The van der Waals surface area contributed by atoms with E-state index in [-0.39, 0.29) is 5.95 Å². The Morgan fingerprint density at radius 3 is 3.00 bits per heavy atom. The zero-order valence-electron chi connectivity index (χ0n) is 9.04. The van der Waals surface area contributed by atoms with E-state index in [1.807, 2.05) is 6.20 Å². The molecule has 0 bridgehead atoms. The average Bonchev–Trinajstić information content (AvgIpc) is 2.76. The van der Waals surface area contributed by atoms with Crippen LogP contribution in [0.25, 0.3) is 0 Å². The van der Waals surface area contributed by atoms with Crippen LogP contribution in [-0.2, 0) is 6.54 Å². The average molecular weight is 254 g/mol. The summed E-state index contributed by atoms with van der Waals surface area (Å²) in [6, 6.07) is 1.63. The maximum absolute atomic E-state index is 5.75. The number of nitrogens with two attached hydrogens (primary N) is 1. The minimum Gasteiger partial charge on any atom is -0.370 e. The number of nitrogens with one attached hydrogen (secondary N) is 1. The molecule has 2 aromatic heterocycles. The van der Waals surface area contributed by atoms with Crippen LogP contribution in [0.4, 0.5) is 11.8 Å². The normalized spacial score (nSPS) is 10.4. The maximum Gasteiger partial charge on any atom is 0.223 e. The summed E-state index contributed by atoms with van der Waals surface area (Å²) in [5.74, 6) is 0.789. The van der Waals surface area contributed by atoms with Crippen molar-refractivity contribution in [3.8, 4) is 0 Å². The molecular formula is C9H12ClN7. The number of nitrogens with zero attached hydrogens (tertiary/aromatic N) is 5. The van der Waals surface area contributed by atoms with Gasteiger partial charge in [0, 0.05) is 25.4 Å². The van der Waals surface area contributed by atoms with E-state index in [9.17, 15) is 0 Å². The minimum absolute atomic E-state index is 0.163. The molecule has 0 fully saturated rings. The van der Waals surface area contributed by atoms with Gasteiger partial charge in [0.2, 0.25) is 5.95 Å². The molecule has 17 heavy (non-hydrogen) atoms. The highest BCUT2D eigenvalue weighted by Crippen LogP contribution is 2.12. The third kappa shape index (κ3) is 3.56. The fourth-order valence-electron chi connectivity index (χ4n) is 1.34. The molecule has 0 aliphatic heterocycles. The molecule has 0 radical (unpaired) electrons. The molecule has 0 aliphatic carbocycles. The molecule has 8 heteroatoms. The number of anilines is 2. The Labute approximate surface area is 103 Å². The zero-order valence-corrected chi connectivity index (χ0v) is 9.80. The van der Waals surface area contributed by atoms with Crippen LogP contribution in [0.5, 0.6) is 0 Å². The van der Waals surface area contributed by atoms with E-state index in [2.05, 4.69) is 25.6 Å². The largest absolute Gasteiger partial charge is 0.370 e. The van der Waals surface area contributed by atoms with E-state index in [1.165, 1.54) is 0 Å². The van der Waals surface area contributed by atoms with Crippen molar-refractivity contribution < 1.29 is 0 Å². The molecule has 0 atom stereocenters. The summed E-state index contributed by atoms with van der Waals surface area (Å²) in [5.41, 5.74) is 5.47. The second kappa shape index (κ2) is 5.44. The van der Waals surface area contributed by atoms with Crippen molar-refractivity contribution in [2.45, 2.75) is 13.0 Å². The van der Waals surface area contributed by atoms with Crippen molar-refractivity contribution in [1.29, 1.82) is 0 Å². The number of nitrogen functional groups attached to an aromatic ring is 1. The second-order valence-electron chi connectivity index (χ2n) is 3.38. The van der Waals surface area contributed by atoms with Crippen LogP contribution in [-0.4, -0.2) is 31.5 Å². The lowest BCUT2D eigenvalue weighted by molar-refractivity contribution is 0.569. The number of hydrogen-bond acceptors (Lipinski definition) is 6. The topological polar surface area (TPSA) is 94.5 Å². The molecule has 2 aromatic rings. The van der Waals surface area contributed by atoms with Gasteiger partial charge in [-0.2, -0.15) is 4.98 Å². The van der Waals surface area contributed by atoms with Crippen LogP contribution in [0.2, 0.25) is 5.15 Å². The molecular weight excluding hydrogens is 242 g/mol. The van der Waals surface area contributed by atoms with Crippen LogP contribution in [0.1, 0.15) is 6.42 Å². The van der Waals surface area contributed by atoms with Gasteiger partial charge in [0.15, 0.2) is 0 Å². The fourth-order valence-corrected chi connectivity index (χ4v) is 1.53. The van der Waals surface area contributed by atoms with Crippen molar-refractivity contribution in [2.75, 3.05) is 17.6 Å². The first-order valence-electron chi connectivity index (χ1n) is 5.12.